The molecule has 1 amide bonds. The standard InChI is InChI=1S/C20H27N5O3/c1-12-9-15(14-3-4-14)10-13(2)17(12)24-11-16-18(23-24)21-20(22-19(16)26)25-5-6-27-7-8-28-25/h9-11,14,18,20-21,23H,3-8H2,1-2H3,(H,22,26). The van der Waals surface area contributed by atoms with Gasteiger partial charge in [-0.25, -0.2) is 5.43 Å². The van der Waals surface area contributed by atoms with Gasteiger partial charge in [0.15, 0.2) is 6.29 Å². The summed E-state index contributed by atoms with van der Waals surface area (Å²) in [6, 6.07) is 4.56. The third-order valence-electron chi connectivity index (χ3n) is 5.73. The maximum atomic E-state index is 12.7. The van der Waals surface area contributed by atoms with Gasteiger partial charge in [-0.3, -0.25) is 20.0 Å². The SMILES string of the molecule is Cc1cc(C2CC2)cc(C)c1N1C=C2C(=O)NC(N3CCOCCO3)NC2N1. The van der Waals surface area contributed by atoms with Gasteiger partial charge in [-0.1, -0.05) is 12.1 Å². The molecule has 0 aromatic heterocycles. The summed E-state index contributed by atoms with van der Waals surface area (Å²) in [5.41, 5.74) is 9.07. The number of carbonyl (C=O) groups is 1. The molecule has 1 aliphatic carbocycles. The van der Waals surface area contributed by atoms with E-state index in [-0.39, 0.29) is 12.1 Å². The smallest absolute Gasteiger partial charge is 0.254 e. The van der Waals surface area contributed by atoms with E-state index in [0.29, 0.717) is 31.9 Å². The van der Waals surface area contributed by atoms with Crippen molar-refractivity contribution in [1.29, 1.82) is 0 Å². The molecule has 2 unspecified atom stereocenters. The number of nitrogens with one attached hydrogen (secondary N) is 3. The zero-order valence-corrected chi connectivity index (χ0v) is 16.3. The molecule has 4 aliphatic rings. The molecule has 3 aliphatic heterocycles. The lowest BCUT2D eigenvalue weighted by molar-refractivity contribution is -0.196. The molecule has 2 atom stereocenters. The van der Waals surface area contributed by atoms with Crippen LogP contribution >= 0.6 is 0 Å². The highest BCUT2D eigenvalue weighted by molar-refractivity contribution is 5.96. The van der Waals surface area contributed by atoms with E-state index in [0.717, 1.165) is 11.6 Å². The maximum Gasteiger partial charge on any atom is 0.254 e. The van der Waals surface area contributed by atoms with E-state index in [9.17, 15) is 4.79 Å². The van der Waals surface area contributed by atoms with Gasteiger partial charge in [0.2, 0.25) is 0 Å². The minimum absolute atomic E-state index is 0.0950. The first-order chi connectivity index (χ1) is 13.6. The van der Waals surface area contributed by atoms with Gasteiger partial charge in [0.05, 0.1) is 37.6 Å². The summed E-state index contributed by atoms with van der Waals surface area (Å²) >= 11 is 0. The summed E-state index contributed by atoms with van der Waals surface area (Å²) in [7, 11) is 0. The summed E-state index contributed by atoms with van der Waals surface area (Å²) < 4.78 is 5.42. The number of aryl methyl sites for hydroxylation is 2. The Labute approximate surface area is 164 Å². The second-order valence-electron chi connectivity index (χ2n) is 7.92. The van der Waals surface area contributed by atoms with Crippen LogP contribution in [-0.2, 0) is 14.4 Å². The van der Waals surface area contributed by atoms with Crippen LogP contribution in [0.1, 0.15) is 35.4 Å². The molecule has 1 aromatic carbocycles. The molecule has 3 fully saturated rings. The van der Waals surface area contributed by atoms with Crippen molar-refractivity contribution >= 4 is 11.6 Å². The minimum Gasteiger partial charge on any atom is -0.378 e. The quantitative estimate of drug-likeness (QED) is 0.716. The number of amides is 1. The molecule has 0 spiro atoms. The number of carbonyl (C=O) groups excluding carboxylic acids is 1. The average molecular weight is 385 g/mol. The fraction of sp³-hybridized carbons (Fsp3) is 0.550. The number of hydrazine groups is 1. The summed E-state index contributed by atoms with van der Waals surface area (Å²) in [6.07, 6.45) is 3.81. The molecule has 1 saturated carbocycles. The normalized spacial score (nSPS) is 28.6. The molecule has 0 bridgehead atoms. The summed E-state index contributed by atoms with van der Waals surface area (Å²) in [5.74, 6) is 0.632. The van der Waals surface area contributed by atoms with Crippen molar-refractivity contribution in [3.63, 3.8) is 0 Å². The topological polar surface area (TPSA) is 78.1 Å². The molecule has 28 heavy (non-hydrogen) atoms. The van der Waals surface area contributed by atoms with E-state index in [1.165, 1.54) is 29.5 Å². The molecule has 8 heteroatoms. The van der Waals surface area contributed by atoms with E-state index in [1.54, 1.807) is 5.06 Å². The van der Waals surface area contributed by atoms with Crippen LogP contribution in [0.3, 0.4) is 0 Å². The van der Waals surface area contributed by atoms with Gasteiger partial charge in [-0.2, -0.15) is 5.06 Å². The molecule has 3 N–H and O–H groups in total. The van der Waals surface area contributed by atoms with Gasteiger partial charge in [0.25, 0.3) is 5.91 Å². The van der Waals surface area contributed by atoms with Crippen molar-refractivity contribution in [3.8, 4) is 0 Å². The van der Waals surface area contributed by atoms with E-state index < -0.39 is 6.29 Å². The highest BCUT2D eigenvalue weighted by Crippen LogP contribution is 2.42. The van der Waals surface area contributed by atoms with Crippen molar-refractivity contribution < 1.29 is 14.4 Å². The van der Waals surface area contributed by atoms with Crippen molar-refractivity contribution in [2.24, 2.45) is 0 Å². The lowest BCUT2D eigenvalue weighted by Crippen LogP contribution is -2.67. The Hall–Kier alpha value is -1.97. The number of hydrogen-bond acceptors (Lipinski definition) is 7. The van der Waals surface area contributed by atoms with Crippen LogP contribution in [-0.4, -0.2) is 49.8 Å². The second kappa shape index (κ2) is 7.13. The van der Waals surface area contributed by atoms with E-state index >= 15 is 0 Å². The van der Waals surface area contributed by atoms with Crippen molar-refractivity contribution in [2.75, 3.05) is 31.4 Å². The Balaban J connectivity index is 1.35. The molecule has 5 rings (SSSR count). The number of nitrogens with zero attached hydrogens (tertiary/aromatic N) is 2. The Morgan fingerprint density at radius 3 is 2.64 bits per heavy atom. The van der Waals surface area contributed by atoms with E-state index in [2.05, 4.69) is 42.0 Å². The third-order valence-corrected chi connectivity index (χ3v) is 5.73. The Morgan fingerprint density at radius 2 is 1.89 bits per heavy atom. The zero-order chi connectivity index (χ0) is 19.3. The van der Waals surface area contributed by atoms with E-state index in [4.69, 9.17) is 9.57 Å². The van der Waals surface area contributed by atoms with Gasteiger partial charge >= 0.3 is 0 Å². The molecular formula is C20H27N5O3. The summed E-state index contributed by atoms with van der Waals surface area (Å²) in [4.78, 5) is 18.4. The van der Waals surface area contributed by atoms with Gasteiger partial charge in [0.1, 0.15) is 6.17 Å². The first-order valence-electron chi connectivity index (χ1n) is 10.0. The van der Waals surface area contributed by atoms with Gasteiger partial charge < -0.3 is 10.1 Å². The number of benzene rings is 1. The van der Waals surface area contributed by atoms with Gasteiger partial charge in [0, 0.05) is 6.20 Å². The van der Waals surface area contributed by atoms with Crippen molar-refractivity contribution in [2.45, 2.75) is 45.1 Å². The average Bonchev–Trinajstić information content (AvgIpc) is 3.46. The Bertz CT molecular complexity index is 791. The summed E-state index contributed by atoms with van der Waals surface area (Å²) in [6.45, 7) is 6.48. The van der Waals surface area contributed by atoms with Crippen LogP contribution < -0.4 is 21.1 Å². The third kappa shape index (κ3) is 3.31. The van der Waals surface area contributed by atoms with E-state index in [1.807, 2.05) is 11.2 Å². The van der Waals surface area contributed by atoms with Crippen molar-refractivity contribution in [3.05, 3.63) is 40.6 Å². The lowest BCUT2D eigenvalue weighted by atomic mass is 10.0. The fourth-order valence-corrected chi connectivity index (χ4v) is 4.23. The molecule has 2 saturated heterocycles. The predicted octanol–water partition coefficient (Wildman–Crippen LogP) is 0.982. The molecule has 8 nitrogen and oxygen atoms in total. The first-order valence-corrected chi connectivity index (χ1v) is 10.0. The second-order valence-corrected chi connectivity index (χ2v) is 7.92. The molecule has 0 radical (unpaired) electrons. The number of fused-ring (bicyclic) bond motifs is 1. The van der Waals surface area contributed by atoms with Crippen LogP contribution in [0.25, 0.3) is 0 Å². The molecule has 3 heterocycles. The fourth-order valence-electron chi connectivity index (χ4n) is 4.23. The first kappa shape index (κ1) is 18.1. The maximum absolute atomic E-state index is 12.7. The number of anilines is 1. The highest BCUT2D eigenvalue weighted by Gasteiger charge is 2.39. The zero-order valence-electron chi connectivity index (χ0n) is 16.3. The molecule has 150 valence electrons. The predicted molar refractivity (Wildman–Crippen MR) is 104 cm³/mol. The number of hydroxylamine groups is 2. The number of rotatable bonds is 3. The van der Waals surface area contributed by atoms with Crippen LogP contribution in [0.15, 0.2) is 23.9 Å². The molecular weight excluding hydrogens is 358 g/mol. The van der Waals surface area contributed by atoms with Crippen LogP contribution in [0.2, 0.25) is 0 Å². The van der Waals surface area contributed by atoms with Crippen LogP contribution in [0, 0.1) is 13.8 Å². The number of ether oxygens (including phenoxy) is 1. The number of hydrogen-bond donors (Lipinski definition) is 3. The minimum atomic E-state index is -0.400. The molecule has 1 aromatic rings. The summed E-state index contributed by atoms with van der Waals surface area (Å²) in [5, 5.41) is 10.1. The van der Waals surface area contributed by atoms with Gasteiger partial charge in [-0.05, 0) is 49.3 Å². The largest absolute Gasteiger partial charge is 0.378 e. The Morgan fingerprint density at radius 1 is 1.11 bits per heavy atom. The Kier molecular flexibility index (Phi) is 4.60. The monoisotopic (exact) mass is 385 g/mol. The lowest BCUT2D eigenvalue weighted by Gasteiger charge is -2.36. The van der Waals surface area contributed by atoms with Crippen LogP contribution in [0.5, 0.6) is 0 Å². The van der Waals surface area contributed by atoms with Crippen molar-refractivity contribution in [1.82, 2.24) is 21.1 Å². The highest BCUT2D eigenvalue weighted by atomic mass is 16.7. The van der Waals surface area contributed by atoms with Gasteiger partial charge in [-0.15, -0.1) is 0 Å². The van der Waals surface area contributed by atoms with Crippen LogP contribution in [0.4, 0.5) is 5.69 Å².